The van der Waals surface area contributed by atoms with Crippen molar-refractivity contribution in [2.45, 2.75) is 6.54 Å². The van der Waals surface area contributed by atoms with Crippen LogP contribution in [0.4, 0.5) is 5.69 Å². The van der Waals surface area contributed by atoms with Crippen molar-refractivity contribution in [3.63, 3.8) is 0 Å². The smallest absolute Gasteiger partial charge is 0.133 e. The minimum Gasteiger partial charge on any atom is -0.490 e. The standard InChI is InChI=1S/C11H11BrClN3O/c12-10-5-8(13)1-2-11(10)17-4-3-16-7-9(14)6-15-16/h1-2,5-7H,3-4,14H2. The molecule has 0 aliphatic carbocycles. The zero-order valence-electron chi connectivity index (χ0n) is 8.94. The molecule has 90 valence electrons. The summed E-state index contributed by atoms with van der Waals surface area (Å²) >= 11 is 9.22. The van der Waals surface area contributed by atoms with Crippen molar-refractivity contribution in [2.24, 2.45) is 0 Å². The number of ether oxygens (including phenoxy) is 1. The van der Waals surface area contributed by atoms with E-state index in [9.17, 15) is 0 Å². The van der Waals surface area contributed by atoms with Gasteiger partial charge in [-0.1, -0.05) is 11.6 Å². The van der Waals surface area contributed by atoms with E-state index >= 15 is 0 Å². The summed E-state index contributed by atoms with van der Waals surface area (Å²) in [6, 6.07) is 5.40. The molecule has 0 radical (unpaired) electrons. The van der Waals surface area contributed by atoms with E-state index in [-0.39, 0.29) is 0 Å². The van der Waals surface area contributed by atoms with Crippen LogP contribution in [0.15, 0.2) is 35.1 Å². The SMILES string of the molecule is Nc1cnn(CCOc2ccc(Cl)cc2Br)c1. The highest BCUT2D eigenvalue weighted by atomic mass is 79.9. The highest BCUT2D eigenvalue weighted by molar-refractivity contribution is 9.10. The van der Waals surface area contributed by atoms with Gasteiger partial charge in [-0.25, -0.2) is 0 Å². The van der Waals surface area contributed by atoms with Crippen LogP contribution in [0.25, 0.3) is 0 Å². The van der Waals surface area contributed by atoms with Crippen LogP contribution in [0.2, 0.25) is 5.02 Å². The Kier molecular flexibility index (Phi) is 3.91. The lowest BCUT2D eigenvalue weighted by Crippen LogP contribution is -2.08. The molecular formula is C11H11BrClN3O. The van der Waals surface area contributed by atoms with Gasteiger partial charge in [0.25, 0.3) is 0 Å². The summed E-state index contributed by atoms with van der Waals surface area (Å²) in [7, 11) is 0. The van der Waals surface area contributed by atoms with E-state index in [1.165, 1.54) is 0 Å². The van der Waals surface area contributed by atoms with Crippen LogP contribution in [0.3, 0.4) is 0 Å². The van der Waals surface area contributed by atoms with Crippen molar-refractivity contribution < 1.29 is 4.74 Å². The number of rotatable bonds is 4. The van der Waals surface area contributed by atoms with Crippen LogP contribution in [0.1, 0.15) is 0 Å². The minimum atomic E-state index is 0.515. The van der Waals surface area contributed by atoms with Crippen LogP contribution in [0.5, 0.6) is 5.75 Å². The number of hydrogen-bond donors (Lipinski definition) is 1. The maximum atomic E-state index is 5.84. The summed E-state index contributed by atoms with van der Waals surface area (Å²) in [6.45, 7) is 1.16. The van der Waals surface area contributed by atoms with E-state index in [2.05, 4.69) is 21.0 Å². The van der Waals surface area contributed by atoms with Gasteiger partial charge in [0.15, 0.2) is 0 Å². The van der Waals surface area contributed by atoms with Crippen LogP contribution in [0, 0.1) is 0 Å². The fraction of sp³-hybridized carbons (Fsp3) is 0.182. The molecule has 0 spiro atoms. The lowest BCUT2D eigenvalue weighted by atomic mass is 10.3. The lowest BCUT2D eigenvalue weighted by Gasteiger charge is -2.08. The molecule has 0 aliphatic rings. The van der Waals surface area contributed by atoms with Gasteiger partial charge in [0.1, 0.15) is 12.4 Å². The number of nitrogen functional groups attached to an aromatic ring is 1. The average molecular weight is 317 g/mol. The Morgan fingerprint density at radius 3 is 2.94 bits per heavy atom. The Labute approximate surface area is 112 Å². The lowest BCUT2D eigenvalue weighted by molar-refractivity contribution is 0.289. The third kappa shape index (κ3) is 3.38. The van der Waals surface area contributed by atoms with Gasteiger partial charge in [0, 0.05) is 11.2 Å². The molecule has 6 heteroatoms. The molecule has 1 aromatic heterocycles. The molecule has 0 bridgehead atoms. The van der Waals surface area contributed by atoms with E-state index in [1.54, 1.807) is 29.2 Å². The highest BCUT2D eigenvalue weighted by Gasteiger charge is 2.02. The Bertz CT molecular complexity index is 515. The maximum absolute atomic E-state index is 5.84. The molecule has 0 unspecified atom stereocenters. The van der Waals surface area contributed by atoms with Crippen molar-refractivity contribution in [2.75, 3.05) is 12.3 Å². The minimum absolute atomic E-state index is 0.515. The number of halogens is 2. The van der Waals surface area contributed by atoms with Gasteiger partial charge < -0.3 is 10.5 Å². The first kappa shape index (κ1) is 12.3. The summed E-state index contributed by atoms with van der Waals surface area (Å²) in [5, 5.41) is 4.73. The summed E-state index contributed by atoms with van der Waals surface area (Å²) in [5.41, 5.74) is 6.21. The van der Waals surface area contributed by atoms with Crippen LogP contribution >= 0.6 is 27.5 Å². The van der Waals surface area contributed by atoms with Crippen LogP contribution in [-0.2, 0) is 6.54 Å². The summed E-state index contributed by atoms with van der Waals surface area (Å²) in [6.07, 6.45) is 3.37. The Morgan fingerprint density at radius 1 is 1.47 bits per heavy atom. The second-order valence-corrected chi connectivity index (χ2v) is 4.75. The van der Waals surface area contributed by atoms with Crippen molar-refractivity contribution in [3.8, 4) is 5.75 Å². The molecule has 4 nitrogen and oxygen atoms in total. The molecule has 0 atom stereocenters. The first-order chi connectivity index (χ1) is 8.15. The molecule has 2 aromatic rings. The molecule has 0 saturated heterocycles. The molecule has 0 amide bonds. The predicted molar refractivity (Wildman–Crippen MR) is 71.3 cm³/mol. The molecule has 1 aromatic carbocycles. The van der Waals surface area contributed by atoms with E-state index in [0.29, 0.717) is 23.9 Å². The Hall–Kier alpha value is -1.20. The van der Waals surface area contributed by atoms with Gasteiger partial charge in [-0.2, -0.15) is 5.10 Å². The number of aromatic nitrogens is 2. The van der Waals surface area contributed by atoms with Crippen molar-refractivity contribution >= 4 is 33.2 Å². The number of hydrogen-bond acceptors (Lipinski definition) is 3. The van der Waals surface area contributed by atoms with Crippen molar-refractivity contribution in [3.05, 3.63) is 40.1 Å². The van der Waals surface area contributed by atoms with E-state index in [1.807, 2.05) is 6.07 Å². The fourth-order valence-electron chi connectivity index (χ4n) is 1.34. The van der Waals surface area contributed by atoms with Gasteiger partial charge >= 0.3 is 0 Å². The topological polar surface area (TPSA) is 53.1 Å². The van der Waals surface area contributed by atoms with Crippen molar-refractivity contribution in [1.29, 1.82) is 0 Å². The number of benzene rings is 1. The highest BCUT2D eigenvalue weighted by Crippen LogP contribution is 2.27. The molecular weight excluding hydrogens is 305 g/mol. The number of anilines is 1. The quantitative estimate of drug-likeness (QED) is 0.943. The monoisotopic (exact) mass is 315 g/mol. The number of nitrogens with zero attached hydrogens (tertiary/aromatic N) is 2. The third-order valence-electron chi connectivity index (χ3n) is 2.13. The molecule has 0 aliphatic heterocycles. The van der Waals surface area contributed by atoms with Gasteiger partial charge in [0.05, 0.1) is 22.9 Å². The molecule has 2 rings (SSSR count). The second-order valence-electron chi connectivity index (χ2n) is 3.46. The Balaban J connectivity index is 1.90. The van der Waals surface area contributed by atoms with Gasteiger partial charge in [-0.3, -0.25) is 4.68 Å². The zero-order chi connectivity index (χ0) is 12.3. The first-order valence-corrected chi connectivity index (χ1v) is 6.18. The Morgan fingerprint density at radius 2 is 2.29 bits per heavy atom. The normalized spacial score (nSPS) is 10.5. The van der Waals surface area contributed by atoms with Crippen LogP contribution < -0.4 is 10.5 Å². The number of nitrogens with two attached hydrogens (primary N) is 1. The second kappa shape index (κ2) is 5.42. The summed E-state index contributed by atoms with van der Waals surface area (Å²) < 4.78 is 8.17. The molecule has 17 heavy (non-hydrogen) atoms. The molecule has 2 N–H and O–H groups in total. The van der Waals surface area contributed by atoms with Crippen molar-refractivity contribution in [1.82, 2.24) is 9.78 Å². The summed E-state index contributed by atoms with van der Waals surface area (Å²) in [4.78, 5) is 0. The largest absolute Gasteiger partial charge is 0.490 e. The zero-order valence-corrected chi connectivity index (χ0v) is 11.3. The van der Waals surface area contributed by atoms with Gasteiger partial charge in [-0.05, 0) is 34.1 Å². The van der Waals surface area contributed by atoms with Crippen LogP contribution in [-0.4, -0.2) is 16.4 Å². The maximum Gasteiger partial charge on any atom is 0.133 e. The van der Waals surface area contributed by atoms with E-state index in [0.717, 1.165) is 10.2 Å². The molecule has 0 fully saturated rings. The van der Waals surface area contributed by atoms with Gasteiger partial charge in [-0.15, -0.1) is 0 Å². The molecule has 0 saturated carbocycles. The summed E-state index contributed by atoms with van der Waals surface area (Å²) in [5.74, 6) is 0.759. The average Bonchev–Trinajstić information content (AvgIpc) is 2.68. The van der Waals surface area contributed by atoms with E-state index in [4.69, 9.17) is 22.1 Å². The third-order valence-corrected chi connectivity index (χ3v) is 2.98. The fourth-order valence-corrected chi connectivity index (χ4v) is 2.14. The van der Waals surface area contributed by atoms with Gasteiger partial charge in [0.2, 0.25) is 0 Å². The predicted octanol–water partition coefficient (Wildman–Crippen LogP) is 2.96. The molecule has 1 heterocycles. The first-order valence-electron chi connectivity index (χ1n) is 5.01. The van der Waals surface area contributed by atoms with E-state index < -0.39 is 0 Å².